The van der Waals surface area contributed by atoms with Crippen molar-refractivity contribution in [2.45, 2.75) is 39.3 Å². The van der Waals surface area contributed by atoms with Gasteiger partial charge in [-0.1, -0.05) is 0 Å². The van der Waals surface area contributed by atoms with Crippen molar-refractivity contribution in [1.82, 2.24) is 0 Å². The lowest BCUT2D eigenvalue weighted by molar-refractivity contribution is -0.116. The van der Waals surface area contributed by atoms with Crippen LogP contribution in [0.4, 0.5) is 11.4 Å². The van der Waals surface area contributed by atoms with Crippen molar-refractivity contribution >= 4 is 17.3 Å². The van der Waals surface area contributed by atoms with Crippen molar-refractivity contribution < 1.29 is 14.3 Å². The summed E-state index contributed by atoms with van der Waals surface area (Å²) >= 11 is 0. The molecule has 140 valence electrons. The van der Waals surface area contributed by atoms with E-state index in [1.807, 2.05) is 26.0 Å². The third-order valence-electron chi connectivity index (χ3n) is 4.34. The number of amides is 1. The molecule has 1 aliphatic heterocycles. The summed E-state index contributed by atoms with van der Waals surface area (Å²) in [4.78, 5) is 12.5. The van der Waals surface area contributed by atoms with Gasteiger partial charge in [0, 0.05) is 23.7 Å². The van der Waals surface area contributed by atoms with Crippen LogP contribution in [-0.2, 0) is 11.2 Å². The molecule has 0 saturated carbocycles. The maximum atomic E-state index is 12.5. The van der Waals surface area contributed by atoms with Crippen LogP contribution in [0.5, 0.6) is 11.5 Å². The Balaban J connectivity index is 1.72. The number of benzene rings is 2. The molecule has 27 heavy (non-hydrogen) atoms. The van der Waals surface area contributed by atoms with Crippen molar-refractivity contribution in [3.8, 4) is 17.6 Å². The van der Waals surface area contributed by atoms with Gasteiger partial charge in [0.05, 0.1) is 23.9 Å². The van der Waals surface area contributed by atoms with Crippen LogP contribution in [0.15, 0.2) is 36.4 Å². The molecule has 0 saturated heterocycles. The molecule has 6 nitrogen and oxygen atoms in total. The third-order valence-corrected chi connectivity index (χ3v) is 4.34. The van der Waals surface area contributed by atoms with Crippen molar-refractivity contribution in [1.29, 1.82) is 5.26 Å². The Hall–Kier alpha value is -3.20. The molecule has 2 aromatic carbocycles. The van der Waals surface area contributed by atoms with Crippen LogP contribution in [0.3, 0.4) is 0 Å². The van der Waals surface area contributed by atoms with Crippen molar-refractivity contribution in [3.63, 3.8) is 0 Å². The Morgan fingerprint density at radius 1 is 1.37 bits per heavy atom. The highest BCUT2D eigenvalue weighted by molar-refractivity contribution is 5.96. The summed E-state index contributed by atoms with van der Waals surface area (Å²) in [5.41, 5.74) is 3.04. The van der Waals surface area contributed by atoms with Crippen LogP contribution in [0, 0.1) is 11.3 Å². The quantitative estimate of drug-likeness (QED) is 0.815. The molecule has 1 amide bonds. The lowest BCUT2D eigenvalue weighted by atomic mass is 10.1. The highest BCUT2D eigenvalue weighted by atomic mass is 16.5. The van der Waals surface area contributed by atoms with Gasteiger partial charge in [-0.05, 0) is 51.1 Å². The first-order valence-corrected chi connectivity index (χ1v) is 9.04. The predicted octanol–water partition coefficient (Wildman–Crippen LogP) is 3.72. The molecule has 1 aliphatic rings. The molecule has 2 N–H and O–H groups in total. The van der Waals surface area contributed by atoms with Gasteiger partial charge in [0.15, 0.2) is 0 Å². The van der Waals surface area contributed by atoms with Gasteiger partial charge >= 0.3 is 0 Å². The highest BCUT2D eigenvalue weighted by Gasteiger charge is 2.23. The zero-order valence-corrected chi connectivity index (χ0v) is 15.7. The molecule has 2 aromatic rings. The van der Waals surface area contributed by atoms with Crippen LogP contribution in [-0.4, -0.2) is 24.7 Å². The van der Waals surface area contributed by atoms with Gasteiger partial charge in [-0.2, -0.15) is 5.26 Å². The Morgan fingerprint density at radius 2 is 2.11 bits per heavy atom. The lowest BCUT2D eigenvalue weighted by Crippen LogP contribution is -2.32. The minimum absolute atomic E-state index is 0.141. The van der Waals surface area contributed by atoms with Crippen LogP contribution >= 0.6 is 0 Å². The lowest BCUT2D eigenvalue weighted by Gasteiger charge is -2.19. The standard InChI is InChI=1S/C21H23N3O3/c1-4-26-20-10-16-9-13(2)27-19(16)11-18(20)23-14(3)21(25)24-17-7-5-15(12-22)6-8-17/h5-8,10-11,13-14,23H,4,9H2,1-3H3,(H,24,25)/t13-,14+/m1/s1. The van der Waals surface area contributed by atoms with Crippen molar-refractivity contribution in [3.05, 3.63) is 47.5 Å². The first kappa shape index (κ1) is 18.6. The van der Waals surface area contributed by atoms with E-state index in [1.54, 1.807) is 31.2 Å². The molecule has 0 aromatic heterocycles. The summed E-state index contributed by atoms with van der Waals surface area (Å²) in [5.74, 6) is 1.36. The van der Waals surface area contributed by atoms with Gasteiger partial charge in [0.1, 0.15) is 23.6 Å². The molecular weight excluding hydrogens is 342 g/mol. The number of fused-ring (bicyclic) bond motifs is 1. The number of nitrogens with zero attached hydrogens (tertiary/aromatic N) is 1. The second-order valence-corrected chi connectivity index (χ2v) is 6.57. The topological polar surface area (TPSA) is 83.4 Å². The molecule has 0 unspecified atom stereocenters. The first-order chi connectivity index (χ1) is 13.0. The first-order valence-electron chi connectivity index (χ1n) is 9.04. The number of rotatable bonds is 6. The minimum Gasteiger partial charge on any atom is -0.492 e. The van der Waals surface area contributed by atoms with E-state index in [-0.39, 0.29) is 12.0 Å². The summed E-state index contributed by atoms with van der Waals surface area (Å²) < 4.78 is 11.6. The fourth-order valence-electron chi connectivity index (χ4n) is 3.00. The summed E-state index contributed by atoms with van der Waals surface area (Å²) in [6, 6.07) is 12.2. The van der Waals surface area contributed by atoms with E-state index in [0.29, 0.717) is 23.6 Å². The number of anilines is 2. The van der Waals surface area contributed by atoms with Crippen molar-refractivity contribution in [2.75, 3.05) is 17.2 Å². The molecule has 6 heteroatoms. The largest absolute Gasteiger partial charge is 0.492 e. The number of carbonyl (C=O) groups excluding carboxylic acids is 1. The van der Waals surface area contributed by atoms with Gasteiger partial charge in [-0.15, -0.1) is 0 Å². The number of carbonyl (C=O) groups is 1. The number of ether oxygens (including phenoxy) is 2. The molecular formula is C21H23N3O3. The monoisotopic (exact) mass is 365 g/mol. The van der Waals surface area contributed by atoms with E-state index in [0.717, 1.165) is 23.4 Å². The highest BCUT2D eigenvalue weighted by Crippen LogP contribution is 2.38. The SMILES string of the molecule is CCOc1cc2c(cc1N[C@@H](C)C(=O)Nc1ccc(C#N)cc1)O[C@H](C)C2. The number of hydrogen-bond acceptors (Lipinski definition) is 5. The van der Waals surface area contributed by atoms with Crippen LogP contribution < -0.4 is 20.1 Å². The zero-order valence-electron chi connectivity index (χ0n) is 15.7. The average Bonchev–Trinajstić information content (AvgIpc) is 3.01. The molecule has 0 spiro atoms. The van der Waals surface area contributed by atoms with Gasteiger partial charge in [0.25, 0.3) is 0 Å². The number of nitriles is 1. The summed E-state index contributed by atoms with van der Waals surface area (Å²) in [7, 11) is 0. The van der Waals surface area contributed by atoms with E-state index in [9.17, 15) is 4.79 Å². The molecule has 0 aliphatic carbocycles. The summed E-state index contributed by atoms with van der Waals surface area (Å²) in [5, 5.41) is 14.9. The summed E-state index contributed by atoms with van der Waals surface area (Å²) in [6.07, 6.45) is 0.992. The molecule has 3 rings (SSSR count). The van der Waals surface area contributed by atoms with Crippen LogP contribution in [0.25, 0.3) is 0 Å². The van der Waals surface area contributed by atoms with Gasteiger partial charge in [0.2, 0.25) is 5.91 Å². The number of nitrogens with one attached hydrogen (secondary N) is 2. The predicted molar refractivity (Wildman–Crippen MR) is 104 cm³/mol. The average molecular weight is 365 g/mol. The maximum absolute atomic E-state index is 12.5. The second kappa shape index (κ2) is 8.00. The smallest absolute Gasteiger partial charge is 0.246 e. The minimum atomic E-state index is -0.489. The van der Waals surface area contributed by atoms with E-state index in [4.69, 9.17) is 14.7 Å². The fraction of sp³-hybridized carbons (Fsp3) is 0.333. The van der Waals surface area contributed by atoms with Gasteiger partial charge in [-0.3, -0.25) is 4.79 Å². The van der Waals surface area contributed by atoms with Gasteiger partial charge in [-0.25, -0.2) is 0 Å². The normalized spacial score (nSPS) is 15.9. The number of hydrogen-bond donors (Lipinski definition) is 2. The Labute approximate surface area is 159 Å². The Morgan fingerprint density at radius 3 is 2.78 bits per heavy atom. The Bertz CT molecular complexity index is 871. The van der Waals surface area contributed by atoms with E-state index < -0.39 is 6.04 Å². The van der Waals surface area contributed by atoms with E-state index in [1.165, 1.54) is 0 Å². The maximum Gasteiger partial charge on any atom is 0.246 e. The molecule has 0 fully saturated rings. The fourth-order valence-corrected chi connectivity index (χ4v) is 3.00. The van der Waals surface area contributed by atoms with E-state index >= 15 is 0 Å². The molecule has 0 bridgehead atoms. The third kappa shape index (κ3) is 4.32. The molecule has 2 atom stereocenters. The second-order valence-electron chi connectivity index (χ2n) is 6.57. The summed E-state index contributed by atoms with van der Waals surface area (Å²) in [6.45, 7) is 6.28. The van der Waals surface area contributed by atoms with Crippen LogP contribution in [0.1, 0.15) is 31.9 Å². The Kier molecular flexibility index (Phi) is 5.51. The molecule has 0 radical (unpaired) electrons. The van der Waals surface area contributed by atoms with Crippen molar-refractivity contribution in [2.24, 2.45) is 0 Å². The van der Waals surface area contributed by atoms with Crippen LogP contribution in [0.2, 0.25) is 0 Å². The molecule has 1 heterocycles. The zero-order chi connectivity index (χ0) is 19.4. The van der Waals surface area contributed by atoms with E-state index in [2.05, 4.69) is 16.7 Å². The van der Waals surface area contributed by atoms with Gasteiger partial charge < -0.3 is 20.1 Å².